The summed E-state index contributed by atoms with van der Waals surface area (Å²) in [6.45, 7) is 2.35. The highest BCUT2D eigenvalue weighted by molar-refractivity contribution is 7.92. The lowest BCUT2D eigenvalue weighted by molar-refractivity contribution is 0.0933. The molecule has 1 amide bonds. The normalized spacial score (nSPS) is 16.4. The van der Waals surface area contributed by atoms with Crippen molar-refractivity contribution >= 4 is 21.6 Å². The van der Waals surface area contributed by atoms with Gasteiger partial charge in [0.2, 0.25) is 6.79 Å². The van der Waals surface area contributed by atoms with Gasteiger partial charge in [-0.05, 0) is 68.4 Å². The molecule has 2 aromatic carbocycles. The molecule has 0 unspecified atom stereocenters. The summed E-state index contributed by atoms with van der Waals surface area (Å²) in [7, 11) is -3.92. The number of carbonyl (C=O) groups is 1. The van der Waals surface area contributed by atoms with Crippen molar-refractivity contribution in [1.82, 2.24) is 10.2 Å². The largest absolute Gasteiger partial charge is 0.468 e. The van der Waals surface area contributed by atoms with E-state index in [9.17, 15) is 13.2 Å². The van der Waals surface area contributed by atoms with Crippen molar-refractivity contribution in [2.75, 3.05) is 31.1 Å². The number of anilines is 1. The van der Waals surface area contributed by atoms with Crippen LogP contribution in [0.25, 0.3) is 0 Å². The molecule has 0 aliphatic carbocycles. The molecule has 34 heavy (non-hydrogen) atoms. The molecule has 3 aromatic rings. The summed E-state index contributed by atoms with van der Waals surface area (Å²) in [6.07, 6.45) is 3.85. The van der Waals surface area contributed by atoms with Crippen LogP contribution in [0.15, 0.2) is 70.2 Å². The van der Waals surface area contributed by atoms with Gasteiger partial charge in [-0.15, -0.1) is 0 Å². The van der Waals surface area contributed by atoms with E-state index >= 15 is 0 Å². The predicted octanol–water partition coefficient (Wildman–Crippen LogP) is 3.38. The van der Waals surface area contributed by atoms with Crippen molar-refractivity contribution in [1.29, 1.82) is 0 Å². The van der Waals surface area contributed by atoms with Crippen molar-refractivity contribution in [2.24, 2.45) is 0 Å². The molecule has 0 spiro atoms. The van der Waals surface area contributed by atoms with E-state index in [0.29, 0.717) is 23.7 Å². The van der Waals surface area contributed by atoms with Crippen molar-refractivity contribution in [2.45, 2.75) is 23.8 Å². The Morgan fingerprint density at radius 2 is 1.82 bits per heavy atom. The number of rotatable bonds is 8. The maximum Gasteiger partial charge on any atom is 0.261 e. The van der Waals surface area contributed by atoms with Crippen molar-refractivity contribution < 1.29 is 27.1 Å². The number of hydrogen-bond donors (Lipinski definition) is 2. The summed E-state index contributed by atoms with van der Waals surface area (Å²) in [4.78, 5) is 15.2. The Morgan fingerprint density at radius 3 is 2.62 bits per heavy atom. The van der Waals surface area contributed by atoms with Gasteiger partial charge in [0.05, 0.1) is 22.9 Å². The first-order chi connectivity index (χ1) is 16.5. The lowest BCUT2D eigenvalue weighted by atomic mass is 10.1. The van der Waals surface area contributed by atoms with Gasteiger partial charge >= 0.3 is 0 Å². The fourth-order valence-corrected chi connectivity index (χ4v) is 5.31. The lowest BCUT2D eigenvalue weighted by Gasteiger charge is -2.26. The molecule has 9 nitrogen and oxygen atoms in total. The van der Waals surface area contributed by atoms with Gasteiger partial charge < -0.3 is 19.2 Å². The number of nitrogens with zero attached hydrogens (tertiary/aromatic N) is 1. The molecule has 178 valence electrons. The number of amides is 1. The minimum Gasteiger partial charge on any atom is -0.468 e. The summed E-state index contributed by atoms with van der Waals surface area (Å²) in [5, 5.41) is 2.93. The number of hydrogen-bond acceptors (Lipinski definition) is 7. The first kappa shape index (κ1) is 22.3. The van der Waals surface area contributed by atoms with E-state index in [1.807, 2.05) is 12.1 Å². The molecule has 10 heteroatoms. The smallest absolute Gasteiger partial charge is 0.261 e. The van der Waals surface area contributed by atoms with E-state index < -0.39 is 10.0 Å². The quantitative estimate of drug-likeness (QED) is 0.505. The Kier molecular flexibility index (Phi) is 6.16. The molecule has 5 rings (SSSR count). The van der Waals surface area contributed by atoms with Gasteiger partial charge in [0.1, 0.15) is 5.76 Å². The maximum atomic E-state index is 12.9. The predicted molar refractivity (Wildman–Crippen MR) is 124 cm³/mol. The van der Waals surface area contributed by atoms with E-state index in [-0.39, 0.29) is 29.2 Å². The second-order valence-electron chi connectivity index (χ2n) is 8.19. The van der Waals surface area contributed by atoms with Gasteiger partial charge in [-0.3, -0.25) is 14.4 Å². The van der Waals surface area contributed by atoms with Crippen LogP contribution in [0, 0.1) is 0 Å². The minimum atomic E-state index is -3.92. The summed E-state index contributed by atoms with van der Waals surface area (Å²) in [5.41, 5.74) is 0.596. The van der Waals surface area contributed by atoms with Crippen molar-refractivity contribution in [3.05, 3.63) is 72.2 Å². The highest BCUT2D eigenvalue weighted by Crippen LogP contribution is 2.35. The molecule has 1 atom stereocenters. The number of ether oxygens (including phenoxy) is 2. The molecule has 2 N–H and O–H groups in total. The van der Waals surface area contributed by atoms with E-state index in [1.165, 1.54) is 12.1 Å². The number of carbonyl (C=O) groups excluding carboxylic acids is 1. The number of sulfonamides is 1. The first-order valence-corrected chi connectivity index (χ1v) is 12.6. The molecule has 0 bridgehead atoms. The van der Waals surface area contributed by atoms with Crippen molar-refractivity contribution in [3.8, 4) is 11.5 Å². The third-order valence-corrected chi connectivity index (χ3v) is 7.32. The van der Waals surface area contributed by atoms with Gasteiger partial charge in [-0.2, -0.15) is 0 Å². The maximum absolute atomic E-state index is 12.9. The van der Waals surface area contributed by atoms with Crippen LogP contribution in [0.1, 0.15) is 35.0 Å². The highest BCUT2D eigenvalue weighted by Gasteiger charge is 2.26. The summed E-state index contributed by atoms with van der Waals surface area (Å²) < 4.78 is 44.5. The molecular weight excluding hydrogens is 458 g/mol. The zero-order valence-corrected chi connectivity index (χ0v) is 19.2. The van der Waals surface area contributed by atoms with Crippen LogP contribution in [-0.2, 0) is 10.0 Å². The van der Waals surface area contributed by atoms with E-state index in [1.54, 1.807) is 36.6 Å². The monoisotopic (exact) mass is 483 g/mol. The average molecular weight is 484 g/mol. The van der Waals surface area contributed by atoms with E-state index in [0.717, 1.165) is 31.7 Å². The van der Waals surface area contributed by atoms with Gasteiger partial charge in [0, 0.05) is 18.2 Å². The zero-order valence-electron chi connectivity index (χ0n) is 18.4. The lowest BCUT2D eigenvalue weighted by Crippen LogP contribution is -2.36. The highest BCUT2D eigenvalue weighted by atomic mass is 32.2. The molecule has 1 saturated heterocycles. The van der Waals surface area contributed by atoms with Crippen molar-refractivity contribution in [3.63, 3.8) is 0 Å². The van der Waals surface area contributed by atoms with Crippen LogP contribution in [0.4, 0.5) is 5.69 Å². The van der Waals surface area contributed by atoms with Gasteiger partial charge in [0.15, 0.2) is 11.5 Å². The molecular formula is C24H25N3O6S. The molecule has 1 fully saturated rings. The summed E-state index contributed by atoms with van der Waals surface area (Å²) in [6, 6.07) is 14.4. The second-order valence-corrected chi connectivity index (χ2v) is 9.87. The fraction of sp³-hybridized carbons (Fsp3) is 0.292. The molecule has 1 aromatic heterocycles. The number of furan rings is 1. The Labute approximate surface area is 197 Å². The number of nitrogens with one attached hydrogen (secondary N) is 2. The standard InChI is InChI=1S/C24H25N3O6S/c28-24(25-15-20(21-7-4-12-31-21)27-10-1-2-11-27)17-5-3-6-19(13-17)34(29,30)26-18-8-9-22-23(14-18)33-16-32-22/h3-9,12-14,20,26H,1-2,10-11,15-16H2,(H,25,28)/t20-/m1/s1. The van der Waals surface area contributed by atoms with Crippen LogP contribution >= 0.6 is 0 Å². The first-order valence-electron chi connectivity index (χ1n) is 11.1. The van der Waals surface area contributed by atoms with Gasteiger partial charge in [-0.1, -0.05) is 6.07 Å². The topological polar surface area (TPSA) is 110 Å². The third-order valence-electron chi connectivity index (χ3n) is 5.94. The van der Waals surface area contributed by atoms with Gasteiger partial charge in [-0.25, -0.2) is 8.42 Å². The Hall–Kier alpha value is -3.50. The SMILES string of the molecule is O=C(NC[C@H](c1ccco1)N1CCCC1)c1cccc(S(=O)(=O)Nc2ccc3c(c2)OCO3)c1. The molecule has 2 aliphatic heterocycles. The minimum absolute atomic E-state index is 0.0139. The van der Waals surface area contributed by atoms with Crippen LogP contribution < -0.4 is 19.5 Å². The number of benzene rings is 2. The average Bonchev–Trinajstić information content (AvgIpc) is 3.61. The molecule has 3 heterocycles. The van der Waals surface area contributed by atoms with Crippen LogP contribution in [-0.4, -0.2) is 45.7 Å². The molecule has 0 radical (unpaired) electrons. The Balaban J connectivity index is 1.28. The molecule has 0 saturated carbocycles. The number of likely N-dealkylation sites (tertiary alicyclic amines) is 1. The van der Waals surface area contributed by atoms with Crippen LogP contribution in [0.3, 0.4) is 0 Å². The summed E-state index contributed by atoms with van der Waals surface area (Å²) >= 11 is 0. The zero-order chi connectivity index (χ0) is 23.5. The molecule has 2 aliphatic rings. The van der Waals surface area contributed by atoms with Crippen LogP contribution in [0.2, 0.25) is 0 Å². The summed E-state index contributed by atoms with van der Waals surface area (Å²) in [5.74, 6) is 1.48. The fourth-order valence-electron chi connectivity index (χ4n) is 4.21. The second kappa shape index (κ2) is 9.40. The Bertz CT molecular complexity index is 1270. The Morgan fingerprint density at radius 1 is 1.00 bits per heavy atom. The third kappa shape index (κ3) is 4.73. The van der Waals surface area contributed by atoms with E-state index in [2.05, 4.69) is 14.9 Å². The van der Waals surface area contributed by atoms with Crippen LogP contribution in [0.5, 0.6) is 11.5 Å². The van der Waals surface area contributed by atoms with Gasteiger partial charge in [0.25, 0.3) is 15.9 Å². The number of fused-ring (bicyclic) bond motifs is 1. The van der Waals surface area contributed by atoms with E-state index in [4.69, 9.17) is 13.9 Å².